The second kappa shape index (κ2) is 8.28. The fourth-order valence-corrected chi connectivity index (χ4v) is 3.17. The number of hydrogen-bond donors (Lipinski definition) is 2. The van der Waals surface area contributed by atoms with Gasteiger partial charge in [0, 0.05) is 14.9 Å². The zero-order chi connectivity index (χ0) is 17.7. The average Bonchev–Trinajstić information content (AvgIpc) is 2.57. The number of halogens is 1. The monoisotopic (exact) mass is 436 g/mol. The van der Waals surface area contributed by atoms with Crippen molar-refractivity contribution in [3.8, 4) is 0 Å². The largest absolute Gasteiger partial charge is 0.318 e. The maximum absolute atomic E-state index is 12.3. The van der Waals surface area contributed by atoms with Gasteiger partial charge in [0.25, 0.3) is 0 Å². The third-order valence-electron chi connectivity index (χ3n) is 3.88. The molecule has 4 nitrogen and oxygen atoms in total. The van der Waals surface area contributed by atoms with Crippen molar-refractivity contribution in [2.24, 2.45) is 0 Å². The van der Waals surface area contributed by atoms with E-state index >= 15 is 0 Å². The van der Waals surface area contributed by atoms with Crippen molar-refractivity contribution in [1.29, 1.82) is 0 Å². The number of nitrogens with one attached hydrogen (secondary N) is 2. The van der Waals surface area contributed by atoms with Gasteiger partial charge in [-0.2, -0.15) is 0 Å². The Bertz CT molecular complexity index is 750. The fourth-order valence-electron chi connectivity index (χ4n) is 2.52. The van der Waals surface area contributed by atoms with Crippen molar-refractivity contribution in [2.75, 3.05) is 10.6 Å². The molecule has 0 unspecified atom stereocenters. The zero-order valence-corrected chi connectivity index (χ0v) is 16.2. The molecule has 2 aromatic carbocycles. The van der Waals surface area contributed by atoms with Crippen LogP contribution in [0, 0.1) is 10.5 Å². The molecule has 0 spiro atoms. The third kappa shape index (κ3) is 4.35. The first-order valence-electron chi connectivity index (χ1n) is 7.95. The lowest BCUT2D eigenvalue weighted by Crippen LogP contribution is -2.30. The van der Waals surface area contributed by atoms with Gasteiger partial charge in [-0.3, -0.25) is 9.59 Å². The molecule has 0 bridgehead atoms. The molecule has 0 fully saturated rings. The van der Waals surface area contributed by atoms with Crippen molar-refractivity contribution in [2.45, 2.75) is 33.6 Å². The van der Waals surface area contributed by atoms with E-state index < -0.39 is 11.8 Å². The molecule has 24 heavy (non-hydrogen) atoms. The molecule has 0 heterocycles. The van der Waals surface area contributed by atoms with Crippen molar-refractivity contribution in [1.82, 2.24) is 0 Å². The number of rotatable bonds is 4. The van der Waals surface area contributed by atoms with Crippen LogP contribution in [0.25, 0.3) is 0 Å². The smallest absolute Gasteiger partial charge is 0.314 e. The van der Waals surface area contributed by atoms with E-state index in [1.165, 1.54) is 0 Å². The first-order chi connectivity index (χ1) is 11.5. The van der Waals surface area contributed by atoms with Gasteiger partial charge in [0.15, 0.2) is 0 Å². The normalized spacial score (nSPS) is 10.3. The van der Waals surface area contributed by atoms with Crippen LogP contribution in [0.1, 0.15) is 30.5 Å². The molecule has 0 aromatic heterocycles. The number of carbonyl (C=O) groups excluding carboxylic acids is 2. The lowest BCUT2D eigenvalue weighted by atomic mass is 10.0. The number of anilines is 2. The zero-order valence-electron chi connectivity index (χ0n) is 14.1. The molecule has 2 rings (SSSR count). The number of aryl methyl sites for hydroxylation is 3. The maximum Gasteiger partial charge on any atom is 0.314 e. The van der Waals surface area contributed by atoms with Crippen molar-refractivity contribution in [3.05, 3.63) is 56.7 Å². The molecule has 0 aliphatic heterocycles. The van der Waals surface area contributed by atoms with Gasteiger partial charge in [-0.1, -0.05) is 32.0 Å². The van der Waals surface area contributed by atoms with E-state index in [4.69, 9.17) is 0 Å². The summed E-state index contributed by atoms with van der Waals surface area (Å²) < 4.78 is 1.08. The highest BCUT2D eigenvalue weighted by atomic mass is 127. The summed E-state index contributed by atoms with van der Waals surface area (Å²) in [5.74, 6) is -1.31. The molecule has 0 aliphatic rings. The summed E-state index contributed by atoms with van der Waals surface area (Å²) in [7, 11) is 0. The summed E-state index contributed by atoms with van der Waals surface area (Å²) in [5.41, 5.74) is 4.38. The summed E-state index contributed by atoms with van der Waals surface area (Å²) >= 11 is 2.21. The predicted octanol–water partition coefficient (Wildman–Crippen LogP) is 4.30. The van der Waals surface area contributed by atoms with Gasteiger partial charge in [-0.05, 0) is 77.2 Å². The first-order valence-corrected chi connectivity index (χ1v) is 9.03. The minimum atomic E-state index is -0.660. The van der Waals surface area contributed by atoms with Crippen molar-refractivity contribution < 1.29 is 9.59 Å². The number of hydrogen-bond acceptors (Lipinski definition) is 2. The number of amides is 2. The molecule has 126 valence electrons. The Morgan fingerprint density at radius 2 is 1.54 bits per heavy atom. The summed E-state index contributed by atoms with van der Waals surface area (Å²) in [4.78, 5) is 24.5. The number of benzene rings is 2. The van der Waals surface area contributed by atoms with Crippen LogP contribution in [0.4, 0.5) is 11.4 Å². The van der Waals surface area contributed by atoms with Gasteiger partial charge in [-0.25, -0.2) is 0 Å². The first kappa shape index (κ1) is 18.4. The Hall–Kier alpha value is -1.89. The Labute approximate surface area is 156 Å². The molecule has 0 aliphatic carbocycles. The van der Waals surface area contributed by atoms with Gasteiger partial charge < -0.3 is 10.6 Å². The standard InChI is InChI=1S/C19H21IN2O2/c1-4-13-7-6-8-14(5-2)17(13)22-19(24)18(23)21-16-10-9-15(20)11-12(16)3/h6-11H,4-5H2,1-3H3,(H,21,23)(H,22,24). The van der Waals surface area contributed by atoms with Gasteiger partial charge in [0.2, 0.25) is 0 Å². The predicted molar refractivity (Wildman–Crippen MR) is 106 cm³/mol. The SMILES string of the molecule is CCc1cccc(CC)c1NC(=O)C(=O)Nc1ccc(I)cc1C. The van der Waals surface area contributed by atoms with E-state index in [1.54, 1.807) is 6.07 Å². The van der Waals surface area contributed by atoms with E-state index in [0.29, 0.717) is 5.69 Å². The molecular weight excluding hydrogens is 415 g/mol. The fraction of sp³-hybridized carbons (Fsp3) is 0.263. The van der Waals surface area contributed by atoms with Gasteiger partial charge in [0.1, 0.15) is 0 Å². The maximum atomic E-state index is 12.3. The van der Waals surface area contributed by atoms with E-state index in [1.807, 2.05) is 51.1 Å². The molecule has 0 atom stereocenters. The molecule has 0 saturated heterocycles. The molecule has 0 radical (unpaired) electrons. The minimum Gasteiger partial charge on any atom is -0.318 e. The van der Waals surface area contributed by atoms with Crippen LogP contribution in [-0.4, -0.2) is 11.8 Å². The van der Waals surface area contributed by atoms with Crippen LogP contribution in [0.2, 0.25) is 0 Å². The van der Waals surface area contributed by atoms with Crippen LogP contribution in [0.15, 0.2) is 36.4 Å². The Balaban J connectivity index is 2.16. The topological polar surface area (TPSA) is 58.2 Å². The average molecular weight is 436 g/mol. The summed E-state index contributed by atoms with van der Waals surface area (Å²) in [6.45, 7) is 5.95. The van der Waals surface area contributed by atoms with Crippen molar-refractivity contribution in [3.63, 3.8) is 0 Å². The van der Waals surface area contributed by atoms with E-state index in [2.05, 4.69) is 33.2 Å². The molecule has 5 heteroatoms. The van der Waals surface area contributed by atoms with E-state index in [-0.39, 0.29) is 0 Å². The minimum absolute atomic E-state index is 0.648. The van der Waals surface area contributed by atoms with E-state index in [9.17, 15) is 9.59 Å². The third-order valence-corrected chi connectivity index (χ3v) is 4.55. The number of carbonyl (C=O) groups is 2. The van der Waals surface area contributed by atoms with Gasteiger partial charge in [-0.15, -0.1) is 0 Å². The van der Waals surface area contributed by atoms with Crippen LogP contribution in [0.3, 0.4) is 0 Å². The van der Waals surface area contributed by atoms with Crippen LogP contribution in [-0.2, 0) is 22.4 Å². The Morgan fingerprint density at radius 1 is 0.958 bits per heavy atom. The van der Waals surface area contributed by atoms with Gasteiger partial charge in [0.05, 0.1) is 0 Å². The highest BCUT2D eigenvalue weighted by Gasteiger charge is 2.17. The summed E-state index contributed by atoms with van der Waals surface area (Å²) in [6, 6.07) is 11.6. The van der Waals surface area contributed by atoms with E-state index in [0.717, 1.165) is 38.8 Å². The highest BCUT2D eigenvalue weighted by Crippen LogP contribution is 2.23. The van der Waals surface area contributed by atoms with Crippen LogP contribution >= 0.6 is 22.6 Å². The highest BCUT2D eigenvalue weighted by molar-refractivity contribution is 14.1. The molecule has 2 aromatic rings. The second-order valence-corrected chi connectivity index (χ2v) is 6.77. The molecule has 2 N–H and O–H groups in total. The number of para-hydroxylation sites is 1. The molecular formula is C19H21IN2O2. The lowest BCUT2D eigenvalue weighted by molar-refractivity contribution is -0.133. The Morgan fingerprint density at radius 3 is 2.08 bits per heavy atom. The van der Waals surface area contributed by atoms with Crippen LogP contribution < -0.4 is 10.6 Å². The second-order valence-electron chi connectivity index (χ2n) is 5.53. The Kier molecular flexibility index (Phi) is 6.36. The van der Waals surface area contributed by atoms with Gasteiger partial charge >= 0.3 is 11.8 Å². The van der Waals surface area contributed by atoms with Crippen LogP contribution in [0.5, 0.6) is 0 Å². The molecule has 0 saturated carbocycles. The lowest BCUT2D eigenvalue weighted by Gasteiger charge is -2.14. The van der Waals surface area contributed by atoms with Crippen molar-refractivity contribution >= 4 is 45.8 Å². The summed E-state index contributed by atoms with van der Waals surface area (Å²) in [5, 5.41) is 5.46. The molecule has 2 amide bonds. The summed E-state index contributed by atoms with van der Waals surface area (Å²) in [6.07, 6.45) is 1.59. The quantitative estimate of drug-likeness (QED) is 0.555.